The van der Waals surface area contributed by atoms with E-state index in [-0.39, 0.29) is 10.7 Å². The molecule has 6 N–H and O–H groups in total. The maximum absolute atomic E-state index is 12.7. The second-order valence-corrected chi connectivity index (χ2v) is 6.68. The molecule has 26 heavy (non-hydrogen) atoms. The SMILES string of the molecule is CCNC(=O)Nc1cc(N)cnc1S(=O)Nc1ccc2c(c1)B(O)OC2. The molecule has 1 aliphatic rings. The van der Waals surface area contributed by atoms with Crippen LogP contribution in [0.5, 0.6) is 0 Å². The average molecular weight is 375 g/mol. The lowest BCUT2D eigenvalue weighted by Crippen LogP contribution is -2.29. The van der Waals surface area contributed by atoms with Crippen molar-refractivity contribution in [1.29, 1.82) is 0 Å². The van der Waals surface area contributed by atoms with E-state index in [1.807, 2.05) is 0 Å². The Morgan fingerprint density at radius 3 is 3.04 bits per heavy atom. The predicted molar refractivity (Wildman–Crippen MR) is 100 cm³/mol. The van der Waals surface area contributed by atoms with Crippen molar-refractivity contribution in [1.82, 2.24) is 10.3 Å². The number of hydrogen-bond acceptors (Lipinski definition) is 6. The van der Waals surface area contributed by atoms with Gasteiger partial charge < -0.3 is 26.0 Å². The van der Waals surface area contributed by atoms with Gasteiger partial charge in [0, 0.05) is 12.2 Å². The van der Waals surface area contributed by atoms with Crippen LogP contribution in [0, 0.1) is 0 Å². The number of fused-ring (bicyclic) bond motifs is 1. The van der Waals surface area contributed by atoms with Gasteiger partial charge in [0.15, 0.2) is 16.0 Å². The average Bonchev–Trinajstić information content (AvgIpc) is 2.96. The van der Waals surface area contributed by atoms with E-state index in [2.05, 4.69) is 20.3 Å². The topological polar surface area (TPSA) is 139 Å². The molecule has 0 spiro atoms. The number of carbonyl (C=O) groups is 1. The van der Waals surface area contributed by atoms with Gasteiger partial charge in [-0.1, -0.05) is 6.07 Å². The van der Waals surface area contributed by atoms with E-state index in [4.69, 9.17) is 10.4 Å². The number of urea groups is 1. The lowest BCUT2D eigenvalue weighted by Gasteiger charge is -2.12. The third-order valence-electron chi connectivity index (χ3n) is 3.65. The minimum Gasteiger partial charge on any atom is -0.423 e. The molecule has 0 saturated heterocycles. The fourth-order valence-electron chi connectivity index (χ4n) is 2.47. The number of nitrogen functional groups attached to an aromatic ring is 1. The molecule has 1 atom stereocenters. The number of hydrogen-bond donors (Lipinski definition) is 5. The van der Waals surface area contributed by atoms with E-state index in [0.29, 0.717) is 30.0 Å². The van der Waals surface area contributed by atoms with Gasteiger partial charge in [-0.05, 0) is 36.1 Å². The summed E-state index contributed by atoms with van der Waals surface area (Å²) in [5.41, 5.74) is 8.30. The van der Waals surface area contributed by atoms with Crippen molar-refractivity contribution in [3.8, 4) is 0 Å². The predicted octanol–water partition coefficient (Wildman–Crippen LogP) is 0.158. The van der Waals surface area contributed by atoms with Gasteiger partial charge >= 0.3 is 13.1 Å². The standard InChI is InChI=1S/C15H18BN5O4S/c1-2-18-15(22)20-13-5-10(17)7-19-14(13)26(24)21-11-4-3-9-8-25-16(23)12(9)6-11/h3-7,21,23H,2,8,17H2,1H3,(H2,18,20,22). The molecule has 136 valence electrons. The quantitative estimate of drug-likeness (QED) is 0.472. The number of aromatic nitrogens is 1. The fourth-order valence-corrected chi connectivity index (χ4v) is 3.36. The normalized spacial score (nSPS) is 13.8. The molecule has 3 rings (SSSR count). The van der Waals surface area contributed by atoms with E-state index >= 15 is 0 Å². The maximum atomic E-state index is 12.7. The van der Waals surface area contributed by atoms with Crippen molar-refractivity contribution in [3.05, 3.63) is 36.0 Å². The molecule has 11 heteroatoms. The Bertz CT molecular complexity index is 866. The van der Waals surface area contributed by atoms with Crippen molar-refractivity contribution < 1.29 is 18.7 Å². The molecule has 1 aliphatic heterocycles. The summed E-state index contributed by atoms with van der Waals surface area (Å²) in [5, 5.41) is 15.1. The Morgan fingerprint density at radius 2 is 2.27 bits per heavy atom. The van der Waals surface area contributed by atoms with Crippen molar-refractivity contribution in [2.24, 2.45) is 0 Å². The number of rotatable bonds is 5. The van der Waals surface area contributed by atoms with E-state index in [1.54, 1.807) is 25.1 Å². The maximum Gasteiger partial charge on any atom is 0.491 e. The van der Waals surface area contributed by atoms with Gasteiger partial charge in [0.1, 0.15) is 0 Å². The number of nitrogens with zero attached hydrogens (tertiary/aromatic N) is 1. The minimum atomic E-state index is -1.76. The van der Waals surface area contributed by atoms with Gasteiger partial charge in [0.05, 0.1) is 24.2 Å². The second-order valence-electron chi connectivity index (χ2n) is 5.55. The van der Waals surface area contributed by atoms with Crippen molar-refractivity contribution in [2.75, 3.05) is 22.3 Å². The van der Waals surface area contributed by atoms with Crippen molar-refractivity contribution in [3.63, 3.8) is 0 Å². The molecule has 9 nitrogen and oxygen atoms in total. The molecule has 0 radical (unpaired) electrons. The van der Waals surface area contributed by atoms with Crippen molar-refractivity contribution >= 4 is 46.7 Å². The number of anilines is 3. The van der Waals surface area contributed by atoms with Crippen molar-refractivity contribution in [2.45, 2.75) is 18.6 Å². The van der Waals surface area contributed by atoms with Gasteiger partial charge in [-0.25, -0.2) is 14.0 Å². The lowest BCUT2D eigenvalue weighted by molar-refractivity contribution is 0.252. The summed E-state index contributed by atoms with van der Waals surface area (Å²) in [5.74, 6) is 0. The number of nitrogens with one attached hydrogen (secondary N) is 3. The smallest absolute Gasteiger partial charge is 0.423 e. The fraction of sp³-hybridized carbons (Fsp3) is 0.200. The molecular weight excluding hydrogens is 357 g/mol. The van der Waals surface area contributed by atoms with E-state index < -0.39 is 24.1 Å². The number of benzene rings is 1. The van der Waals surface area contributed by atoms with Crippen LogP contribution in [-0.4, -0.2) is 33.9 Å². The third kappa shape index (κ3) is 3.95. The summed E-state index contributed by atoms with van der Waals surface area (Å²) in [7, 11) is -2.76. The first kappa shape index (κ1) is 18.2. The Kier molecular flexibility index (Phi) is 5.40. The highest BCUT2D eigenvalue weighted by atomic mass is 32.2. The van der Waals surface area contributed by atoms with Crippen LogP contribution in [0.1, 0.15) is 12.5 Å². The Labute approximate surface area is 153 Å². The molecule has 2 amide bonds. The number of carbonyl (C=O) groups excluding carboxylic acids is 1. The highest BCUT2D eigenvalue weighted by Crippen LogP contribution is 2.22. The molecule has 0 saturated carbocycles. The molecular formula is C15H18BN5O4S. The second kappa shape index (κ2) is 7.73. The van der Waals surface area contributed by atoms with Crippen LogP contribution < -0.4 is 26.6 Å². The van der Waals surface area contributed by atoms with Crippen LogP contribution in [0.3, 0.4) is 0 Å². The highest BCUT2D eigenvalue weighted by molar-refractivity contribution is 7.86. The molecule has 2 aromatic rings. The molecule has 1 unspecified atom stereocenters. The number of amides is 2. The van der Waals surface area contributed by atoms with Crippen LogP contribution in [0.2, 0.25) is 0 Å². The van der Waals surface area contributed by atoms with E-state index in [0.717, 1.165) is 5.56 Å². The van der Waals surface area contributed by atoms with E-state index in [1.165, 1.54) is 12.3 Å². The monoisotopic (exact) mass is 375 g/mol. The summed E-state index contributed by atoms with van der Waals surface area (Å²) in [6, 6.07) is 6.22. The largest absolute Gasteiger partial charge is 0.491 e. The molecule has 2 heterocycles. The van der Waals surface area contributed by atoms with Crippen LogP contribution in [0.25, 0.3) is 0 Å². The summed E-state index contributed by atoms with van der Waals surface area (Å²) >= 11 is 0. The molecule has 1 aromatic carbocycles. The van der Waals surface area contributed by atoms with Crippen LogP contribution >= 0.6 is 0 Å². The van der Waals surface area contributed by atoms with Gasteiger partial charge in [0.25, 0.3) is 0 Å². The summed E-state index contributed by atoms with van der Waals surface area (Å²) in [6.45, 7) is 2.56. The van der Waals surface area contributed by atoms with Gasteiger partial charge in [-0.3, -0.25) is 4.72 Å². The molecule has 0 aliphatic carbocycles. The Balaban J connectivity index is 1.82. The zero-order valence-electron chi connectivity index (χ0n) is 14.0. The molecule has 0 fully saturated rings. The first-order valence-corrected chi connectivity index (χ1v) is 9.04. The summed E-state index contributed by atoms with van der Waals surface area (Å²) < 4.78 is 20.6. The van der Waals surface area contributed by atoms with Crippen LogP contribution in [0.15, 0.2) is 35.5 Å². The summed E-state index contributed by atoms with van der Waals surface area (Å²) in [6.07, 6.45) is 1.36. The Morgan fingerprint density at radius 1 is 1.46 bits per heavy atom. The van der Waals surface area contributed by atoms with Crippen LogP contribution in [0.4, 0.5) is 21.9 Å². The minimum absolute atomic E-state index is 0.128. The van der Waals surface area contributed by atoms with Gasteiger partial charge in [-0.15, -0.1) is 0 Å². The first-order chi connectivity index (χ1) is 12.5. The lowest BCUT2D eigenvalue weighted by atomic mass is 9.79. The zero-order chi connectivity index (χ0) is 18.7. The molecule has 1 aromatic heterocycles. The highest BCUT2D eigenvalue weighted by Gasteiger charge is 2.27. The molecule has 0 bridgehead atoms. The van der Waals surface area contributed by atoms with Gasteiger partial charge in [-0.2, -0.15) is 0 Å². The van der Waals surface area contributed by atoms with Gasteiger partial charge in [0.2, 0.25) is 0 Å². The zero-order valence-corrected chi connectivity index (χ0v) is 14.8. The Hall–Kier alpha value is -2.63. The summed E-state index contributed by atoms with van der Waals surface area (Å²) in [4.78, 5) is 15.8. The van der Waals surface area contributed by atoms with Crippen LogP contribution in [-0.2, 0) is 22.2 Å². The number of nitrogens with two attached hydrogens (primary N) is 1. The first-order valence-electron chi connectivity index (χ1n) is 7.89. The number of pyridine rings is 1. The third-order valence-corrected chi connectivity index (χ3v) is 4.75. The van der Waals surface area contributed by atoms with E-state index in [9.17, 15) is 14.0 Å².